The lowest BCUT2D eigenvalue weighted by Crippen LogP contribution is -2.33. The van der Waals surface area contributed by atoms with Crippen molar-refractivity contribution in [2.75, 3.05) is 0 Å². The van der Waals surface area contributed by atoms with E-state index < -0.39 is 23.6 Å². The Bertz CT molecular complexity index is 697. The Hall–Kier alpha value is -1.66. The number of hydrogen-bond donors (Lipinski definition) is 0. The number of hydrogen-bond acceptors (Lipinski definition) is 2. The number of benzene rings is 1. The Morgan fingerprint density at radius 2 is 1.37 bits per heavy atom. The number of rotatable bonds is 5. The molecule has 2 aliphatic carbocycles. The maximum Gasteiger partial charge on any atom is 0.458 e. The summed E-state index contributed by atoms with van der Waals surface area (Å²) in [6, 6.07) is 3.29. The van der Waals surface area contributed by atoms with Crippen LogP contribution in [0.4, 0.5) is 22.0 Å². The Morgan fingerprint density at radius 1 is 0.867 bits per heavy atom. The minimum Gasteiger partial charge on any atom is -0.426 e. The molecule has 0 aromatic heterocycles. The third-order valence-electron chi connectivity index (χ3n) is 7.03. The number of carbonyl (C=O) groups is 1. The van der Waals surface area contributed by atoms with Crippen molar-refractivity contribution in [3.8, 4) is 5.75 Å². The molecule has 1 aromatic carbocycles. The normalized spacial score (nSPS) is 28.2. The van der Waals surface area contributed by atoms with Gasteiger partial charge in [0.1, 0.15) is 5.75 Å². The summed E-state index contributed by atoms with van der Waals surface area (Å²) in [6.07, 6.45) is 4.16. The van der Waals surface area contributed by atoms with E-state index in [0.29, 0.717) is 18.1 Å². The zero-order valence-electron chi connectivity index (χ0n) is 17.2. The molecule has 2 aliphatic rings. The fraction of sp³-hybridized carbons (Fsp3) is 0.696. The molecule has 2 nitrogen and oxygen atoms in total. The van der Waals surface area contributed by atoms with E-state index >= 15 is 0 Å². The van der Waals surface area contributed by atoms with Crippen molar-refractivity contribution >= 4 is 5.97 Å². The van der Waals surface area contributed by atoms with Gasteiger partial charge in [0.15, 0.2) is 0 Å². The number of halogens is 5. The summed E-state index contributed by atoms with van der Waals surface area (Å²) in [5, 5.41) is 0. The lowest BCUT2D eigenvalue weighted by Gasteiger charge is -2.37. The van der Waals surface area contributed by atoms with Crippen molar-refractivity contribution in [3.05, 3.63) is 29.8 Å². The highest BCUT2D eigenvalue weighted by Gasteiger charge is 2.58. The third-order valence-corrected chi connectivity index (χ3v) is 7.03. The SMILES string of the molecule is CC[C@H]1CC[C@H]([C@H]2CC[C@H](C(=O)Oc3ccc(C(F)(F)C(F)(F)F)cc3)CC2)CC1. The Kier molecular flexibility index (Phi) is 7.08. The summed E-state index contributed by atoms with van der Waals surface area (Å²) >= 11 is 0. The molecule has 2 saturated carbocycles. The van der Waals surface area contributed by atoms with Crippen LogP contribution >= 0.6 is 0 Å². The van der Waals surface area contributed by atoms with Gasteiger partial charge in [0.05, 0.1) is 5.92 Å². The molecule has 0 spiro atoms. The standard InChI is InChI=1S/C23H29F5O2/c1-2-15-3-5-16(6-4-15)17-7-9-18(10-8-17)21(29)30-20-13-11-19(12-14-20)22(24,25)23(26,27)28/h11-18H,2-10H2,1H3/t15-,16-,17-,18-. The monoisotopic (exact) mass is 432 g/mol. The van der Waals surface area contributed by atoms with Gasteiger partial charge in [-0.3, -0.25) is 4.79 Å². The molecule has 1 aromatic rings. The van der Waals surface area contributed by atoms with Gasteiger partial charge in [-0.25, -0.2) is 0 Å². The molecule has 0 saturated heterocycles. The first kappa shape index (κ1) is 23.0. The first-order chi connectivity index (χ1) is 14.1. The summed E-state index contributed by atoms with van der Waals surface area (Å²) in [7, 11) is 0. The van der Waals surface area contributed by atoms with E-state index in [1.54, 1.807) is 0 Å². The summed E-state index contributed by atoms with van der Waals surface area (Å²) < 4.78 is 69.3. The Balaban J connectivity index is 1.49. The van der Waals surface area contributed by atoms with E-state index in [4.69, 9.17) is 4.74 Å². The van der Waals surface area contributed by atoms with Crippen molar-refractivity contribution in [2.24, 2.45) is 23.7 Å². The van der Waals surface area contributed by atoms with Gasteiger partial charge < -0.3 is 4.74 Å². The average molecular weight is 432 g/mol. The molecule has 0 atom stereocenters. The molecule has 0 radical (unpaired) electrons. The van der Waals surface area contributed by atoms with Crippen molar-refractivity contribution < 1.29 is 31.5 Å². The van der Waals surface area contributed by atoms with Gasteiger partial charge in [0.25, 0.3) is 0 Å². The predicted octanol–water partition coefficient (Wildman–Crippen LogP) is 7.27. The third kappa shape index (κ3) is 5.14. The van der Waals surface area contributed by atoms with Crippen LogP contribution in [0.1, 0.15) is 70.3 Å². The first-order valence-corrected chi connectivity index (χ1v) is 10.9. The van der Waals surface area contributed by atoms with Crippen LogP contribution in [0.15, 0.2) is 24.3 Å². The molecule has 0 N–H and O–H groups in total. The second kappa shape index (κ2) is 9.23. The highest BCUT2D eigenvalue weighted by molar-refractivity contribution is 5.75. The smallest absolute Gasteiger partial charge is 0.426 e. The van der Waals surface area contributed by atoms with E-state index in [1.165, 1.54) is 32.1 Å². The second-order valence-corrected chi connectivity index (χ2v) is 8.82. The topological polar surface area (TPSA) is 26.3 Å². The van der Waals surface area contributed by atoms with Crippen LogP contribution in [0.5, 0.6) is 5.75 Å². The summed E-state index contributed by atoms with van der Waals surface area (Å²) in [4.78, 5) is 12.4. The van der Waals surface area contributed by atoms with Crippen molar-refractivity contribution in [2.45, 2.75) is 76.8 Å². The minimum atomic E-state index is -5.67. The molecule has 0 aliphatic heterocycles. The molecule has 168 valence electrons. The van der Waals surface area contributed by atoms with Crippen molar-refractivity contribution in [1.29, 1.82) is 0 Å². The van der Waals surface area contributed by atoms with Gasteiger partial charge in [-0.1, -0.05) is 26.2 Å². The van der Waals surface area contributed by atoms with Crippen LogP contribution in [0.3, 0.4) is 0 Å². The molecular formula is C23H29F5O2. The lowest BCUT2D eigenvalue weighted by atomic mass is 9.69. The van der Waals surface area contributed by atoms with Gasteiger partial charge >= 0.3 is 18.1 Å². The van der Waals surface area contributed by atoms with Crippen LogP contribution in [0.2, 0.25) is 0 Å². The zero-order chi connectivity index (χ0) is 21.9. The highest BCUT2D eigenvalue weighted by atomic mass is 19.4. The Morgan fingerprint density at radius 3 is 1.83 bits per heavy atom. The number of carbonyl (C=O) groups excluding carboxylic acids is 1. The van der Waals surface area contributed by atoms with Crippen LogP contribution < -0.4 is 4.74 Å². The number of esters is 1. The molecular weight excluding hydrogens is 403 g/mol. The van der Waals surface area contributed by atoms with E-state index in [-0.39, 0.29) is 11.7 Å². The van der Waals surface area contributed by atoms with E-state index in [2.05, 4.69) is 6.92 Å². The van der Waals surface area contributed by atoms with Gasteiger partial charge in [0.2, 0.25) is 0 Å². The van der Waals surface area contributed by atoms with Crippen LogP contribution in [0.25, 0.3) is 0 Å². The molecule has 0 bridgehead atoms. The van der Waals surface area contributed by atoms with Gasteiger partial charge in [-0.2, -0.15) is 22.0 Å². The quantitative estimate of drug-likeness (QED) is 0.278. The average Bonchev–Trinajstić information content (AvgIpc) is 2.73. The van der Waals surface area contributed by atoms with E-state index in [1.807, 2.05) is 0 Å². The molecule has 0 amide bonds. The van der Waals surface area contributed by atoms with Crippen LogP contribution in [-0.2, 0) is 10.7 Å². The van der Waals surface area contributed by atoms with Crippen molar-refractivity contribution in [3.63, 3.8) is 0 Å². The van der Waals surface area contributed by atoms with Crippen LogP contribution in [0, 0.1) is 23.7 Å². The fourth-order valence-corrected chi connectivity index (χ4v) is 4.99. The van der Waals surface area contributed by atoms with E-state index in [0.717, 1.165) is 49.7 Å². The molecule has 7 heteroatoms. The fourth-order valence-electron chi connectivity index (χ4n) is 4.99. The summed E-state index contributed by atoms with van der Waals surface area (Å²) in [5.41, 5.74) is -1.17. The van der Waals surface area contributed by atoms with Crippen LogP contribution in [-0.4, -0.2) is 12.1 Å². The maximum absolute atomic E-state index is 13.3. The minimum absolute atomic E-state index is 0.0123. The molecule has 3 rings (SSSR count). The molecule has 0 unspecified atom stereocenters. The van der Waals surface area contributed by atoms with Crippen molar-refractivity contribution in [1.82, 2.24) is 0 Å². The maximum atomic E-state index is 13.3. The molecule has 0 heterocycles. The largest absolute Gasteiger partial charge is 0.458 e. The zero-order valence-corrected chi connectivity index (χ0v) is 17.2. The highest BCUT2D eigenvalue weighted by Crippen LogP contribution is 2.44. The van der Waals surface area contributed by atoms with Gasteiger partial charge in [-0.15, -0.1) is 0 Å². The Labute approximate surface area is 174 Å². The number of ether oxygens (including phenoxy) is 1. The molecule has 30 heavy (non-hydrogen) atoms. The van der Waals surface area contributed by atoms with E-state index in [9.17, 15) is 26.7 Å². The van der Waals surface area contributed by atoms with Gasteiger partial charge in [0, 0.05) is 5.56 Å². The molecule has 2 fully saturated rings. The predicted molar refractivity (Wildman–Crippen MR) is 103 cm³/mol. The summed E-state index contributed by atoms with van der Waals surface area (Å²) in [5.74, 6) is -3.38. The first-order valence-electron chi connectivity index (χ1n) is 10.9. The lowest BCUT2D eigenvalue weighted by molar-refractivity contribution is -0.289. The van der Waals surface area contributed by atoms with Gasteiger partial charge in [-0.05, 0) is 80.5 Å². The number of alkyl halides is 5. The second-order valence-electron chi connectivity index (χ2n) is 8.82. The summed E-state index contributed by atoms with van der Waals surface area (Å²) in [6.45, 7) is 2.25.